The van der Waals surface area contributed by atoms with E-state index >= 15 is 0 Å². The van der Waals surface area contributed by atoms with Gasteiger partial charge < -0.3 is 9.72 Å². The van der Waals surface area contributed by atoms with E-state index in [1.165, 1.54) is 0 Å². The molecule has 2 aromatic rings. The number of hydrogen-bond donors (Lipinski definition) is 1. The van der Waals surface area contributed by atoms with Crippen LogP contribution in [0, 0.1) is 31.3 Å². The molecule has 0 aliphatic carbocycles. The zero-order valence-corrected chi connectivity index (χ0v) is 13.9. The lowest BCUT2D eigenvalue weighted by Gasteiger charge is -2.22. The van der Waals surface area contributed by atoms with Gasteiger partial charge in [0.15, 0.2) is 17.5 Å². The van der Waals surface area contributed by atoms with Gasteiger partial charge in [0.25, 0.3) is 0 Å². The second-order valence-electron chi connectivity index (χ2n) is 6.24. The van der Waals surface area contributed by atoms with Gasteiger partial charge in [-0.25, -0.2) is 18.2 Å². The van der Waals surface area contributed by atoms with Gasteiger partial charge in [0.2, 0.25) is 0 Å². The maximum Gasteiger partial charge on any atom is 0.194 e. The highest BCUT2D eigenvalue weighted by Gasteiger charge is 2.35. The number of nitrogens with one attached hydrogen (secondary N) is 1. The summed E-state index contributed by atoms with van der Waals surface area (Å²) in [6, 6.07) is 2.03. The number of imidazole rings is 1. The van der Waals surface area contributed by atoms with Gasteiger partial charge in [0, 0.05) is 25.9 Å². The molecule has 2 atom stereocenters. The van der Waals surface area contributed by atoms with E-state index in [1.807, 2.05) is 18.7 Å². The van der Waals surface area contributed by atoms with Crippen LogP contribution in [-0.4, -0.2) is 34.6 Å². The minimum absolute atomic E-state index is 0.0101. The van der Waals surface area contributed by atoms with E-state index in [-0.39, 0.29) is 18.7 Å². The van der Waals surface area contributed by atoms with Crippen molar-refractivity contribution in [1.82, 2.24) is 14.9 Å². The van der Waals surface area contributed by atoms with Crippen molar-refractivity contribution in [2.24, 2.45) is 0 Å². The van der Waals surface area contributed by atoms with Gasteiger partial charge in [0.1, 0.15) is 5.82 Å². The molecule has 1 aliphatic rings. The van der Waals surface area contributed by atoms with Crippen LogP contribution in [0.25, 0.3) is 0 Å². The number of likely N-dealkylation sites (tertiary alicyclic amines) is 1. The molecule has 0 spiro atoms. The van der Waals surface area contributed by atoms with Gasteiger partial charge in [-0.15, -0.1) is 0 Å². The summed E-state index contributed by atoms with van der Waals surface area (Å²) in [5.74, 6) is -2.97. The molecule has 1 saturated heterocycles. The summed E-state index contributed by atoms with van der Waals surface area (Å²) in [6.07, 6.45) is 0.741. The first-order valence-electron chi connectivity index (χ1n) is 7.82. The minimum Gasteiger partial charge on any atom is -0.380 e. The maximum absolute atomic E-state index is 13.5. The van der Waals surface area contributed by atoms with Crippen LogP contribution in [-0.2, 0) is 11.3 Å². The molecule has 2 heterocycles. The Bertz CT molecular complexity index is 704. The number of benzene rings is 1. The minimum atomic E-state index is -1.44. The standard InChI is InChI=1S/C17H20F3N3O/c1-9-10(2)22-17(21-9)15-6-12(24-3)8-23(15)7-11-4-13(18)16(20)14(19)5-11/h4-5,12,15H,6-8H2,1-3H3,(H,21,22)/t12-,15+/m1/s1. The molecule has 1 N–H and O–H groups in total. The number of aromatic amines is 1. The van der Waals surface area contributed by atoms with Crippen LogP contribution in [0.1, 0.15) is 35.2 Å². The summed E-state index contributed by atoms with van der Waals surface area (Å²) < 4.78 is 45.5. The number of ether oxygens (including phenoxy) is 1. The fraction of sp³-hybridized carbons (Fsp3) is 0.471. The Kier molecular flexibility index (Phi) is 4.64. The zero-order valence-electron chi connectivity index (χ0n) is 13.9. The van der Waals surface area contributed by atoms with Crippen molar-refractivity contribution in [1.29, 1.82) is 0 Å². The van der Waals surface area contributed by atoms with Crippen LogP contribution in [0.3, 0.4) is 0 Å². The lowest BCUT2D eigenvalue weighted by Crippen LogP contribution is -2.25. The summed E-state index contributed by atoms with van der Waals surface area (Å²) in [5, 5.41) is 0. The first kappa shape index (κ1) is 17.0. The molecule has 0 amide bonds. The quantitative estimate of drug-likeness (QED) is 0.868. The number of aromatic nitrogens is 2. The van der Waals surface area contributed by atoms with Crippen molar-refractivity contribution in [2.45, 2.75) is 39.0 Å². The first-order valence-corrected chi connectivity index (χ1v) is 7.82. The number of hydrogen-bond acceptors (Lipinski definition) is 3. The van der Waals surface area contributed by atoms with Gasteiger partial charge in [-0.2, -0.15) is 0 Å². The number of rotatable bonds is 4. The van der Waals surface area contributed by atoms with Crippen LogP contribution >= 0.6 is 0 Å². The van der Waals surface area contributed by atoms with Crippen LogP contribution in [0.5, 0.6) is 0 Å². The van der Waals surface area contributed by atoms with Gasteiger partial charge >= 0.3 is 0 Å². The molecule has 4 nitrogen and oxygen atoms in total. The topological polar surface area (TPSA) is 41.1 Å². The van der Waals surface area contributed by atoms with E-state index in [9.17, 15) is 13.2 Å². The molecule has 130 valence electrons. The van der Waals surface area contributed by atoms with Crippen LogP contribution in [0.4, 0.5) is 13.2 Å². The van der Waals surface area contributed by atoms with Crippen molar-refractivity contribution in [3.05, 3.63) is 52.4 Å². The molecule has 0 radical (unpaired) electrons. The molecule has 3 rings (SSSR count). The Labute approximate surface area is 138 Å². The van der Waals surface area contributed by atoms with E-state index in [0.29, 0.717) is 12.1 Å². The molecule has 1 aliphatic heterocycles. The molecule has 24 heavy (non-hydrogen) atoms. The van der Waals surface area contributed by atoms with Crippen LogP contribution in [0.2, 0.25) is 0 Å². The molecule has 0 unspecified atom stereocenters. The highest BCUT2D eigenvalue weighted by molar-refractivity contribution is 5.21. The third-order valence-electron chi connectivity index (χ3n) is 4.59. The lowest BCUT2D eigenvalue weighted by molar-refractivity contribution is 0.107. The molecule has 0 bridgehead atoms. The summed E-state index contributed by atoms with van der Waals surface area (Å²) in [7, 11) is 1.64. The fourth-order valence-corrected chi connectivity index (χ4v) is 3.16. The Hall–Kier alpha value is -1.86. The summed E-state index contributed by atoms with van der Waals surface area (Å²) in [4.78, 5) is 9.84. The van der Waals surface area contributed by atoms with Crippen LogP contribution < -0.4 is 0 Å². The normalized spacial score (nSPS) is 21.6. The summed E-state index contributed by atoms with van der Waals surface area (Å²) >= 11 is 0. The molecule has 0 saturated carbocycles. The SMILES string of the molecule is CO[C@@H]1C[C@@H](c2nc(C)c(C)[nH]2)N(Cc2cc(F)c(F)c(F)c2)C1. The Morgan fingerprint density at radius 3 is 2.46 bits per heavy atom. The molecular weight excluding hydrogens is 319 g/mol. The molecule has 1 aromatic heterocycles. The van der Waals surface area contributed by atoms with Crippen molar-refractivity contribution < 1.29 is 17.9 Å². The van der Waals surface area contributed by atoms with Gasteiger partial charge in [-0.3, -0.25) is 4.90 Å². The predicted octanol–water partition coefficient (Wildman–Crippen LogP) is 3.41. The van der Waals surface area contributed by atoms with Crippen molar-refractivity contribution >= 4 is 0 Å². The van der Waals surface area contributed by atoms with E-state index in [1.54, 1.807) is 7.11 Å². The fourth-order valence-electron chi connectivity index (χ4n) is 3.16. The van der Waals surface area contributed by atoms with Gasteiger partial charge in [-0.1, -0.05) is 0 Å². The van der Waals surface area contributed by atoms with Crippen LogP contribution in [0.15, 0.2) is 12.1 Å². The van der Waals surface area contributed by atoms with Gasteiger partial charge in [0.05, 0.1) is 17.8 Å². The molecule has 1 aromatic carbocycles. The number of aryl methyl sites for hydroxylation is 2. The molecule has 1 fully saturated rings. The van der Waals surface area contributed by atoms with Gasteiger partial charge in [-0.05, 0) is 38.0 Å². The Balaban J connectivity index is 1.86. The van der Waals surface area contributed by atoms with Crippen molar-refractivity contribution in [2.75, 3.05) is 13.7 Å². The third-order valence-corrected chi connectivity index (χ3v) is 4.59. The highest BCUT2D eigenvalue weighted by Crippen LogP contribution is 2.33. The largest absolute Gasteiger partial charge is 0.380 e. The Morgan fingerprint density at radius 1 is 1.25 bits per heavy atom. The summed E-state index contributed by atoms with van der Waals surface area (Å²) in [5.41, 5.74) is 2.29. The second kappa shape index (κ2) is 6.57. The number of H-pyrrole nitrogens is 1. The second-order valence-corrected chi connectivity index (χ2v) is 6.24. The van der Waals surface area contributed by atoms with E-state index in [4.69, 9.17) is 4.74 Å². The predicted molar refractivity (Wildman–Crippen MR) is 82.9 cm³/mol. The smallest absolute Gasteiger partial charge is 0.194 e. The first-order chi connectivity index (χ1) is 11.4. The zero-order chi connectivity index (χ0) is 17.4. The summed E-state index contributed by atoms with van der Waals surface area (Å²) in [6.45, 7) is 4.77. The maximum atomic E-state index is 13.5. The van der Waals surface area contributed by atoms with Crippen molar-refractivity contribution in [3.8, 4) is 0 Å². The monoisotopic (exact) mass is 339 g/mol. The number of halogens is 3. The van der Waals surface area contributed by atoms with E-state index < -0.39 is 17.5 Å². The average Bonchev–Trinajstić information content (AvgIpc) is 3.08. The van der Waals surface area contributed by atoms with E-state index in [2.05, 4.69) is 9.97 Å². The number of nitrogens with zero attached hydrogens (tertiary/aromatic N) is 2. The molecule has 7 heteroatoms. The highest BCUT2D eigenvalue weighted by atomic mass is 19.2. The van der Waals surface area contributed by atoms with Crippen molar-refractivity contribution in [3.63, 3.8) is 0 Å². The third kappa shape index (κ3) is 3.18. The average molecular weight is 339 g/mol. The number of methoxy groups -OCH3 is 1. The van der Waals surface area contributed by atoms with E-state index in [0.717, 1.165) is 35.8 Å². The lowest BCUT2D eigenvalue weighted by atomic mass is 10.1. The molecular formula is C17H20F3N3O. The Morgan fingerprint density at radius 2 is 1.92 bits per heavy atom.